The molecule has 0 spiro atoms. The van der Waals surface area contributed by atoms with Gasteiger partial charge in [-0.05, 0) is 54.1 Å². The Hall–Kier alpha value is -2.61. The van der Waals surface area contributed by atoms with E-state index in [1.54, 1.807) is 13.0 Å². The van der Waals surface area contributed by atoms with Crippen LogP contribution in [0.3, 0.4) is 0 Å². The maximum absolute atomic E-state index is 13.7. The summed E-state index contributed by atoms with van der Waals surface area (Å²) in [6.07, 6.45) is 0. The van der Waals surface area contributed by atoms with Gasteiger partial charge in [0.15, 0.2) is 0 Å². The van der Waals surface area contributed by atoms with E-state index in [0.29, 0.717) is 5.82 Å². The lowest BCUT2D eigenvalue weighted by molar-refractivity contribution is -0.117. The molecule has 0 fully saturated rings. The Morgan fingerprint density at radius 2 is 2.00 bits per heavy atom. The van der Waals surface area contributed by atoms with E-state index in [4.69, 9.17) is 0 Å². The summed E-state index contributed by atoms with van der Waals surface area (Å²) in [7, 11) is 0. The highest BCUT2D eigenvalue weighted by Gasteiger charge is 2.11. The summed E-state index contributed by atoms with van der Waals surface area (Å²) in [5.74, 6) is -0.500. The number of hydrogen-bond donors (Lipinski definition) is 1. The van der Waals surface area contributed by atoms with E-state index in [1.807, 2.05) is 24.3 Å². The van der Waals surface area contributed by atoms with Crippen LogP contribution in [0, 0.1) is 12.7 Å². The standard InChI is InChI=1S/C16H13BrFN5O/c1-10-2-7-14(13(18)8-10)19-15(24)9-23-21-16(20-22-23)11-3-5-12(17)6-4-11/h2-8H,9H2,1H3,(H,19,24). The number of hydrogen-bond acceptors (Lipinski definition) is 4. The largest absolute Gasteiger partial charge is 0.322 e. The van der Waals surface area contributed by atoms with Crippen LogP contribution in [0.25, 0.3) is 11.4 Å². The fourth-order valence-electron chi connectivity index (χ4n) is 2.06. The minimum Gasteiger partial charge on any atom is -0.322 e. The summed E-state index contributed by atoms with van der Waals surface area (Å²) in [6, 6.07) is 12.0. The maximum Gasteiger partial charge on any atom is 0.248 e. The highest BCUT2D eigenvalue weighted by molar-refractivity contribution is 9.10. The molecule has 6 nitrogen and oxygen atoms in total. The van der Waals surface area contributed by atoms with Crippen LogP contribution in [0.5, 0.6) is 0 Å². The molecule has 0 aliphatic rings. The second kappa shape index (κ2) is 6.88. The van der Waals surface area contributed by atoms with Gasteiger partial charge in [-0.25, -0.2) is 4.39 Å². The van der Waals surface area contributed by atoms with Crippen LogP contribution in [0.4, 0.5) is 10.1 Å². The lowest BCUT2D eigenvalue weighted by Gasteiger charge is -2.06. The molecular formula is C16H13BrFN5O. The zero-order chi connectivity index (χ0) is 17.1. The zero-order valence-electron chi connectivity index (χ0n) is 12.7. The monoisotopic (exact) mass is 389 g/mol. The second-order valence-corrected chi connectivity index (χ2v) is 6.10. The smallest absolute Gasteiger partial charge is 0.248 e. The van der Waals surface area contributed by atoms with Crippen molar-refractivity contribution in [3.05, 3.63) is 58.3 Å². The third-order valence-electron chi connectivity index (χ3n) is 3.24. The molecule has 1 amide bonds. The first-order valence-electron chi connectivity index (χ1n) is 7.11. The Kier molecular flexibility index (Phi) is 4.66. The second-order valence-electron chi connectivity index (χ2n) is 5.18. The van der Waals surface area contributed by atoms with Gasteiger partial charge in [0, 0.05) is 10.0 Å². The van der Waals surface area contributed by atoms with Gasteiger partial charge in [0.25, 0.3) is 0 Å². The van der Waals surface area contributed by atoms with Crippen LogP contribution in [-0.2, 0) is 11.3 Å². The van der Waals surface area contributed by atoms with Crippen LogP contribution < -0.4 is 5.32 Å². The van der Waals surface area contributed by atoms with E-state index < -0.39 is 11.7 Å². The van der Waals surface area contributed by atoms with Crippen LogP contribution >= 0.6 is 15.9 Å². The molecule has 1 aromatic heterocycles. The molecule has 122 valence electrons. The molecule has 3 rings (SSSR count). The van der Waals surface area contributed by atoms with Crippen molar-refractivity contribution in [2.24, 2.45) is 0 Å². The fourth-order valence-corrected chi connectivity index (χ4v) is 2.33. The van der Waals surface area contributed by atoms with Crippen molar-refractivity contribution in [3.8, 4) is 11.4 Å². The number of halogens is 2. The number of carbonyl (C=O) groups excluding carboxylic acids is 1. The molecule has 0 bridgehead atoms. The van der Waals surface area contributed by atoms with E-state index in [0.717, 1.165) is 15.6 Å². The average Bonchev–Trinajstić information content (AvgIpc) is 2.99. The summed E-state index contributed by atoms with van der Waals surface area (Å²) < 4.78 is 14.7. The number of anilines is 1. The summed E-state index contributed by atoms with van der Waals surface area (Å²) in [5.41, 5.74) is 1.69. The number of benzene rings is 2. The van der Waals surface area contributed by atoms with Gasteiger partial charge in [0.1, 0.15) is 12.4 Å². The van der Waals surface area contributed by atoms with Crippen molar-refractivity contribution in [1.82, 2.24) is 20.2 Å². The molecule has 0 atom stereocenters. The molecular weight excluding hydrogens is 377 g/mol. The van der Waals surface area contributed by atoms with Crippen molar-refractivity contribution in [3.63, 3.8) is 0 Å². The molecule has 0 aliphatic heterocycles. The third kappa shape index (κ3) is 3.83. The van der Waals surface area contributed by atoms with E-state index in [9.17, 15) is 9.18 Å². The van der Waals surface area contributed by atoms with Crippen molar-refractivity contribution >= 4 is 27.5 Å². The van der Waals surface area contributed by atoms with Gasteiger partial charge in [0.2, 0.25) is 11.7 Å². The Morgan fingerprint density at radius 3 is 2.71 bits per heavy atom. The minimum absolute atomic E-state index is 0.124. The molecule has 0 saturated heterocycles. The molecule has 0 saturated carbocycles. The topological polar surface area (TPSA) is 72.7 Å². The zero-order valence-corrected chi connectivity index (χ0v) is 14.3. The van der Waals surface area contributed by atoms with Gasteiger partial charge in [0.05, 0.1) is 5.69 Å². The summed E-state index contributed by atoms with van der Waals surface area (Å²) in [5, 5.41) is 14.4. The number of nitrogens with zero attached hydrogens (tertiary/aromatic N) is 4. The number of rotatable bonds is 4. The maximum atomic E-state index is 13.7. The van der Waals surface area contributed by atoms with E-state index >= 15 is 0 Å². The lowest BCUT2D eigenvalue weighted by Crippen LogP contribution is -2.21. The Bertz CT molecular complexity index is 878. The molecule has 24 heavy (non-hydrogen) atoms. The van der Waals surface area contributed by atoms with E-state index in [1.165, 1.54) is 16.9 Å². The van der Waals surface area contributed by atoms with Crippen LogP contribution in [0.2, 0.25) is 0 Å². The van der Waals surface area contributed by atoms with Crippen molar-refractivity contribution in [1.29, 1.82) is 0 Å². The van der Waals surface area contributed by atoms with Crippen LogP contribution in [0.1, 0.15) is 5.56 Å². The van der Waals surface area contributed by atoms with E-state index in [-0.39, 0.29) is 12.2 Å². The van der Waals surface area contributed by atoms with Crippen molar-refractivity contribution < 1.29 is 9.18 Å². The van der Waals surface area contributed by atoms with Gasteiger partial charge in [-0.3, -0.25) is 4.79 Å². The number of nitrogens with one attached hydrogen (secondary N) is 1. The summed E-state index contributed by atoms with van der Waals surface area (Å²) in [4.78, 5) is 13.2. The Morgan fingerprint density at radius 1 is 1.25 bits per heavy atom. The van der Waals surface area contributed by atoms with Crippen LogP contribution in [0.15, 0.2) is 46.9 Å². The van der Waals surface area contributed by atoms with Crippen molar-refractivity contribution in [2.75, 3.05) is 5.32 Å². The van der Waals surface area contributed by atoms with Crippen molar-refractivity contribution in [2.45, 2.75) is 13.5 Å². The van der Waals surface area contributed by atoms with Gasteiger partial charge in [-0.1, -0.05) is 22.0 Å². The average molecular weight is 390 g/mol. The molecule has 0 radical (unpaired) electrons. The Balaban J connectivity index is 1.68. The molecule has 2 aromatic carbocycles. The van der Waals surface area contributed by atoms with Crippen LogP contribution in [-0.4, -0.2) is 26.1 Å². The predicted octanol–water partition coefficient (Wildman–Crippen LogP) is 3.19. The molecule has 1 heterocycles. The first-order valence-corrected chi connectivity index (χ1v) is 7.90. The third-order valence-corrected chi connectivity index (χ3v) is 3.77. The first-order chi connectivity index (χ1) is 11.5. The first kappa shape index (κ1) is 16.3. The fraction of sp³-hybridized carbons (Fsp3) is 0.125. The molecule has 8 heteroatoms. The summed E-state index contributed by atoms with van der Waals surface area (Å²) in [6.45, 7) is 1.62. The molecule has 3 aromatic rings. The number of tetrazole rings is 1. The number of amides is 1. The van der Waals surface area contributed by atoms with Gasteiger partial charge in [-0.2, -0.15) is 4.80 Å². The van der Waals surface area contributed by atoms with Gasteiger partial charge >= 0.3 is 0 Å². The predicted molar refractivity (Wildman–Crippen MR) is 90.7 cm³/mol. The SMILES string of the molecule is Cc1ccc(NC(=O)Cn2nnc(-c3ccc(Br)cc3)n2)c(F)c1. The highest BCUT2D eigenvalue weighted by atomic mass is 79.9. The summed E-state index contributed by atoms with van der Waals surface area (Å²) >= 11 is 3.35. The number of carbonyl (C=O) groups is 1. The number of aryl methyl sites for hydroxylation is 1. The molecule has 1 N–H and O–H groups in total. The van der Waals surface area contributed by atoms with Gasteiger partial charge in [-0.15, -0.1) is 10.2 Å². The molecule has 0 aliphatic carbocycles. The normalized spacial score (nSPS) is 10.6. The quantitative estimate of drug-likeness (QED) is 0.743. The highest BCUT2D eigenvalue weighted by Crippen LogP contribution is 2.18. The minimum atomic E-state index is -0.481. The number of aromatic nitrogens is 4. The lowest BCUT2D eigenvalue weighted by atomic mass is 10.2. The molecule has 0 unspecified atom stereocenters. The van der Waals surface area contributed by atoms with E-state index in [2.05, 4.69) is 36.7 Å². The van der Waals surface area contributed by atoms with Gasteiger partial charge < -0.3 is 5.32 Å². The Labute approximate surface area is 145 Å².